The van der Waals surface area contributed by atoms with Crippen LogP contribution >= 0.6 is 0 Å². The topological polar surface area (TPSA) is 123 Å². The van der Waals surface area contributed by atoms with Crippen LogP contribution in [0.2, 0.25) is 0 Å². The quantitative estimate of drug-likeness (QED) is 0.0685. The van der Waals surface area contributed by atoms with Gasteiger partial charge in [0.25, 0.3) is 0 Å². The van der Waals surface area contributed by atoms with E-state index >= 15 is 8.78 Å². The van der Waals surface area contributed by atoms with Crippen molar-refractivity contribution in [2.24, 2.45) is 0 Å². The molecule has 1 aliphatic heterocycles. The highest BCUT2D eigenvalue weighted by atomic mass is 19.3. The van der Waals surface area contributed by atoms with Crippen LogP contribution in [-0.2, 0) is 23.8 Å². The van der Waals surface area contributed by atoms with E-state index in [0.29, 0.717) is 17.4 Å². The lowest BCUT2D eigenvalue weighted by Gasteiger charge is -2.24. The molecule has 0 bridgehead atoms. The van der Waals surface area contributed by atoms with Crippen molar-refractivity contribution in [3.05, 3.63) is 22.7 Å². The fourth-order valence-corrected chi connectivity index (χ4v) is 6.17. The number of halogens is 2. The third-order valence-electron chi connectivity index (χ3n) is 9.09. The van der Waals surface area contributed by atoms with Crippen LogP contribution in [0.1, 0.15) is 174 Å². The predicted molar refractivity (Wildman–Crippen MR) is 185 cm³/mol. The number of carbonyl (C=O) groups excluding carboxylic acids is 2. The van der Waals surface area contributed by atoms with Gasteiger partial charge in [-0.1, -0.05) is 142 Å². The molecule has 0 unspecified atom stereocenters. The Bertz CT molecular complexity index is 1090. The summed E-state index contributed by atoms with van der Waals surface area (Å²) in [5, 5.41) is 0. The lowest BCUT2D eigenvalue weighted by atomic mass is 10.1. The van der Waals surface area contributed by atoms with Crippen molar-refractivity contribution in [2.45, 2.75) is 192 Å². The molecule has 1 aromatic rings. The van der Waals surface area contributed by atoms with E-state index in [1.165, 1.54) is 89.5 Å². The van der Waals surface area contributed by atoms with Crippen molar-refractivity contribution in [1.82, 2.24) is 9.55 Å². The molecule has 2 rings (SSSR count). The molecule has 0 amide bonds. The van der Waals surface area contributed by atoms with Crippen LogP contribution in [0.15, 0.2) is 17.1 Å². The Balaban J connectivity index is 1.80. The van der Waals surface area contributed by atoms with E-state index in [2.05, 4.69) is 18.8 Å². The third kappa shape index (κ3) is 16.2. The van der Waals surface area contributed by atoms with Gasteiger partial charge >= 0.3 is 23.6 Å². The van der Waals surface area contributed by atoms with Crippen molar-refractivity contribution >= 4 is 17.8 Å². The van der Waals surface area contributed by atoms with E-state index in [1.54, 1.807) is 0 Å². The maximum Gasteiger partial charge on any atom is 0.351 e. The highest BCUT2D eigenvalue weighted by Crippen LogP contribution is 2.44. The van der Waals surface area contributed by atoms with Gasteiger partial charge in [-0.05, 0) is 18.9 Å². The summed E-state index contributed by atoms with van der Waals surface area (Å²) in [5.41, 5.74) is 4.50. The lowest BCUT2D eigenvalue weighted by Crippen LogP contribution is -2.44. The molecule has 1 fully saturated rings. The molecular weight excluding hydrogens is 620 g/mol. The normalized spacial score (nSPS) is 18.6. The van der Waals surface area contributed by atoms with Gasteiger partial charge in [-0.3, -0.25) is 14.2 Å². The first-order valence-corrected chi connectivity index (χ1v) is 18.9. The molecule has 2 N–H and O–H groups in total. The minimum atomic E-state index is -3.79. The summed E-state index contributed by atoms with van der Waals surface area (Å²) in [7, 11) is 0. The lowest BCUT2D eigenvalue weighted by molar-refractivity contribution is -0.177. The number of anilines is 1. The first-order chi connectivity index (χ1) is 23.2. The van der Waals surface area contributed by atoms with Crippen molar-refractivity contribution in [2.75, 3.05) is 12.3 Å². The standard InChI is InChI=1S/C37H63F2N3O6/c1-3-5-7-9-11-13-15-17-19-21-23-25-32(43)46-29-30-34(37(38,39)35(47-30)42-28-27-31(40)41-36(42)45)48-33(44)26-24-22-20-18-16-14-12-10-8-6-4-2/h27-28,30,34-35H,3-26,29H2,1-2H3,(H2,40,41,45)/t30-,34-,35-/m1/s1. The molecule has 0 aliphatic carbocycles. The van der Waals surface area contributed by atoms with Crippen LogP contribution in [0, 0.1) is 0 Å². The number of alkyl halides is 2. The van der Waals surface area contributed by atoms with Crippen LogP contribution in [0.5, 0.6) is 0 Å². The molecule has 0 radical (unpaired) electrons. The van der Waals surface area contributed by atoms with Gasteiger partial charge in [-0.25, -0.2) is 4.79 Å². The molecule has 48 heavy (non-hydrogen) atoms. The van der Waals surface area contributed by atoms with Crippen LogP contribution in [0.4, 0.5) is 14.6 Å². The van der Waals surface area contributed by atoms with Crippen molar-refractivity contribution in [1.29, 1.82) is 0 Å². The Labute approximate surface area is 287 Å². The van der Waals surface area contributed by atoms with Gasteiger partial charge in [0.15, 0.2) is 6.10 Å². The number of nitrogen functional groups attached to an aromatic ring is 1. The Kier molecular flexibility index (Phi) is 21.3. The average molecular weight is 684 g/mol. The molecule has 276 valence electrons. The van der Waals surface area contributed by atoms with Crippen LogP contribution < -0.4 is 11.4 Å². The summed E-state index contributed by atoms with van der Waals surface area (Å²) in [5.74, 6) is -5.22. The van der Waals surface area contributed by atoms with Gasteiger partial charge in [0, 0.05) is 19.0 Å². The minimum Gasteiger partial charge on any atom is -0.463 e. The molecule has 9 nitrogen and oxygen atoms in total. The zero-order valence-corrected chi connectivity index (χ0v) is 29.7. The summed E-state index contributed by atoms with van der Waals surface area (Å²) in [4.78, 5) is 41.1. The number of ether oxygens (including phenoxy) is 3. The second-order valence-corrected chi connectivity index (χ2v) is 13.4. The molecule has 2 heterocycles. The largest absolute Gasteiger partial charge is 0.463 e. The van der Waals surface area contributed by atoms with E-state index in [-0.39, 0.29) is 18.7 Å². The molecule has 1 aliphatic rings. The number of esters is 2. The molecule has 3 atom stereocenters. The summed E-state index contributed by atoms with van der Waals surface area (Å²) >= 11 is 0. The zero-order chi connectivity index (χ0) is 35.0. The third-order valence-corrected chi connectivity index (χ3v) is 9.09. The smallest absolute Gasteiger partial charge is 0.351 e. The highest BCUT2D eigenvalue weighted by Gasteiger charge is 2.62. The summed E-state index contributed by atoms with van der Waals surface area (Å²) < 4.78 is 48.2. The fourth-order valence-electron chi connectivity index (χ4n) is 6.17. The van der Waals surface area contributed by atoms with Gasteiger partial charge in [0.05, 0.1) is 0 Å². The molecule has 11 heteroatoms. The van der Waals surface area contributed by atoms with Crippen molar-refractivity contribution < 1.29 is 32.6 Å². The van der Waals surface area contributed by atoms with E-state index in [0.717, 1.165) is 51.1 Å². The summed E-state index contributed by atoms with van der Waals surface area (Å²) in [6, 6.07) is 1.20. The number of hydrogen-bond donors (Lipinski definition) is 1. The van der Waals surface area contributed by atoms with Crippen molar-refractivity contribution in [3.8, 4) is 0 Å². The monoisotopic (exact) mass is 683 g/mol. The second kappa shape index (κ2) is 24.6. The molecule has 1 saturated heterocycles. The van der Waals surface area contributed by atoms with E-state index in [9.17, 15) is 14.4 Å². The van der Waals surface area contributed by atoms with Gasteiger partial charge in [-0.15, -0.1) is 0 Å². The molecule has 0 spiro atoms. The number of carbonyl (C=O) groups is 2. The zero-order valence-electron chi connectivity index (χ0n) is 29.7. The fraction of sp³-hybridized carbons (Fsp3) is 0.838. The van der Waals surface area contributed by atoms with Crippen molar-refractivity contribution in [3.63, 3.8) is 0 Å². The number of nitrogens with two attached hydrogens (primary N) is 1. The molecular formula is C37H63F2N3O6. The first-order valence-electron chi connectivity index (χ1n) is 18.9. The molecule has 0 saturated carbocycles. The van der Waals surface area contributed by atoms with E-state index in [4.69, 9.17) is 19.9 Å². The van der Waals surface area contributed by atoms with Crippen LogP contribution in [-0.4, -0.2) is 46.2 Å². The van der Waals surface area contributed by atoms with E-state index in [1.807, 2.05) is 0 Å². The van der Waals surface area contributed by atoms with Crippen LogP contribution in [0.25, 0.3) is 0 Å². The first kappa shape index (κ1) is 41.6. The highest BCUT2D eigenvalue weighted by molar-refractivity contribution is 5.70. The minimum absolute atomic E-state index is 0.0109. The Morgan fingerprint density at radius 1 is 0.771 bits per heavy atom. The van der Waals surface area contributed by atoms with Gasteiger partial charge in [0.2, 0.25) is 6.23 Å². The van der Waals surface area contributed by atoms with Gasteiger partial charge in [-0.2, -0.15) is 13.8 Å². The Hall–Kier alpha value is -2.56. The maximum atomic E-state index is 15.7. The number of aromatic nitrogens is 2. The average Bonchev–Trinajstić information content (AvgIpc) is 3.29. The number of unbranched alkanes of at least 4 members (excludes halogenated alkanes) is 20. The number of hydrogen-bond acceptors (Lipinski definition) is 8. The molecule has 0 aromatic carbocycles. The Morgan fingerprint density at radius 3 is 1.67 bits per heavy atom. The second-order valence-electron chi connectivity index (χ2n) is 13.4. The SMILES string of the molecule is CCCCCCCCCCCCCC(=O)OC[C@H]1O[C@@H](n2ccc(N)nc2=O)C(F)(F)[C@@H]1OC(=O)CCCCCCCCCCCCC. The van der Waals surface area contributed by atoms with Gasteiger partial charge in [0.1, 0.15) is 18.5 Å². The van der Waals surface area contributed by atoms with Crippen LogP contribution in [0.3, 0.4) is 0 Å². The summed E-state index contributed by atoms with van der Waals surface area (Å²) in [6.07, 6.45) is 20.2. The number of rotatable bonds is 28. The number of nitrogens with zero attached hydrogens (tertiary/aromatic N) is 2. The van der Waals surface area contributed by atoms with E-state index < -0.39 is 48.6 Å². The van der Waals surface area contributed by atoms with Gasteiger partial charge < -0.3 is 19.9 Å². The maximum absolute atomic E-state index is 15.7. The predicted octanol–water partition coefficient (Wildman–Crippen LogP) is 9.22. The Morgan fingerprint density at radius 2 is 1.21 bits per heavy atom. The summed E-state index contributed by atoms with van der Waals surface area (Å²) in [6.45, 7) is 3.89. The molecule has 1 aromatic heterocycles.